The van der Waals surface area contributed by atoms with Crippen LogP contribution in [-0.4, -0.2) is 57.0 Å². The molecule has 2 aromatic carbocycles. The molecular weight excluding hydrogens is 462 g/mol. The van der Waals surface area contributed by atoms with Crippen LogP contribution in [0.5, 0.6) is 0 Å². The molecule has 12 heteroatoms. The summed E-state index contributed by atoms with van der Waals surface area (Å²) in [5.41, 5.74) is 5.12. The molecule has 0 saturated carbocycles. The van der Waals surface area contributed by atoms with Crippen molar-refractivity contribution < 1.29 is 9.66 Å². The predicted octanol–water partition coefficient (Wildman–Crippen LogP) is 3.60. The lowest BCUT2D eigenvalue weighted by Crippen LogP contribution is -2.37. The Morgan fingerprint density at radius 2 is 1.78 bits per heavy atom. The van der Waals surface area contributed by atoms with Crippen LogP contribution in [0, 0.1) is 10.1 Å². The summed E-state index contributed by atoms with van der Waals surface area (Å²) in [5, 5.41) is 18.7. The molecule has 0 spiro atoms. The lowest BCUT2D eigenvalue weighted by atomic mass is 10.2. The second-order valence-electron chi connectivity index (χ2n) is 7.82. The van der Waals surface area contributed by atoms with Crippen LogP contribution in [0.3, 0.4) is 0 Å². The Labute approximate surface area is 206 Å². The molecule has 2 N–H and O–H groups in total. The summed E-state index contributed by atoms with van der Waals surface area (Å²) in [6.07, 6.45) is 3.41. The number of hydrazone groups is 1. The normalized spacial score (nSPS) is 13.6. The fourth-order valence-electron chi connectivity index (χ4n) is 3.67. The summed E-state index contributed by atoms with van der Waals surface area (Å²) in [7, 11) is 0. The first-order valence-corrected chi connectivity index (χ1v) is 11.3. The molecule has 36 heavy (non-hydrogen) atoms. The molecule has 0 bridgehead atoms. The third-order valence-electron chi connectivity index (χ3n) is 5.41. The number of nitrogens with one attached hydrogen (secondary N) is 2. The van der Waals surface area contributed by atoms with Crippen molar-refractivity contribution in [3.05, 3.63) is 88.7 Å². The van der Waals surface area contributed by atoms with Crippen LogP contribution < -0.4 is 15.6 Å². The quantitative estimate of drug-likeness (QED) is 0.218. The molecular formula is C24H23N9O3. The second-order valence-corrected chi connectivity index (χ2v) is 7.82. The molecule has 4 aromatic rings. The Morgan fingerprint density at radius 1 is 0.972 bits per heavy atom. The van der Waals surface area contributed by atoms with Crippen LogP contribution in [0.1, 0.15) is 5.69 Å². The van der Waals surface area contributed by atoms with Crippen molar-refractivity contribution in [1.82, 2.24) is 19.5 Å². The van der Waals surface area contributed by atoms with Gasteiger partial charge in [-0.15, -0.1) is 0 Å². The van der Waals surface area contributed by atoms with Gasteiger partial charge in [-0.2, -0.15) is 20.1 Å². The minimum atomic E-state index is -0.420. The number of nitro benzene ring substituents is 1. The smallest absolute Gasteiger partial charge is 0.271 e. The van der Waals surface area contributed by atoms with Gasteiger partial charge in [0.15, 0.2) is 0 Å². The van der Waals surface area contributed by atoms with Crippen LogP contribution in [0.2, 0.25) is 0 Å². The maximum Gasteiger partial charge on any atom is 0.271 e. The molecule has 0 radical (unpaired) electrons. The molecule has 2 aromatic heterocycles. The second kappa shape index (κ2) is 10.6. The molecule has 0 amide bonds. The van der Waals surface area contributed by atoms with Gasteiger partial charge in [-0.05, 0) is 30.3 Å². The number of hydrogen-bond donors (Lipinski definition) is 2. The van der Waals surface area contributed by atoms with Gasteiger partial charge in [0.25, 0.3) is 5.69 Å². The molecule has 0 atom stereocenters. The number of nitro groups is 1. The number of rotatable bonds is 8. The van der Waals surface area contributed by atoms with Crippen molar-refractivity contribution in [2.75, 3.05) is 41.9 Å². The largest absolute Gasteiger partial charge is 0.378 e. The Balaban J connectivity index is 1.38. The van der Waals surface area contributed by atoms with Gasteiger partial charge in [-0.1, -0.05) is 24.3 Å². The summed E-state index contributed by atoms with van der Waals surface area (Å²) in [5.74, 6) is 1.18. The first-order chi connectivity index (χ1) is 17.7. The number of aromatic nitrogens is 4. The Kier molecular flexibility index (Phi) is 6.76. The van der Waals surface area contributed by atoms with Gasteiger partial charge in [0, 0.05) is 37.1 Å². The van der Waals surface area contributed by atoms with Gasteiger partial charge in [-0.3, -0.25) is 10.1 Å². The van der Waals surface area contributed by atoms with E-state index in [1.807, 2.05) is 53.6 Å². The van der Waals surface area contributed by atoms with Gasteiger partial charge >= 0.3 is 0 Å². The summed E-state index contributed by atoms with van der Waals surface area (Å²) < 4.78 is 7.24. The lowest BCUT2D eigenvalue weighted by Gasteiger charge is -2.27. The summed E-state index contributed by atoms with van der Waals surface area (Å²) >= 11 is 0. The number of non-ortho nitro benzene ring substituents is 1. The van der Waals surface area contributed by atoms with E-state index in [0.717, 1.165) is 5.69 Å². The third kappa shape index (κ3) is 5.45. The van der Waals surface area contributed by atoms with Crippen LogP contribution in [-0.2, 0) is 4.74 Å². The van der Waals surface area contributed by atoms with Crippen molar-refractivity contribution >= 4 is 35.4 Å². The molecule has 3 heterocycles. The third-order valence-corrected chi connectivity index (χ3v) is 5.41. The number of benzene rings is 2. The van der Waals surface area contributed by atoms with Crippen LogP contribution in [0.25, 0.3) is 5.69 Å². The zero-order valence-corrected chi connectivity index (χ0v) is 19.2. The van der Waals surface area contributed by atoms with Gasteiger partial charge in [0.2, 0.25) is 17.8 Å². The lowest BCUT2D eigenvalue weighted by molar-refractivity contribution is -0.384. The maximum atomic E-state index is 11.1. The van der Waals surface area contributed by atoms with Crippen LogP contribution >= 0.6 is 0 Å². The number of anilines is 4. The summed E-state index contributed by atoms with van der Waals surface area (Å²) in [6, 6.07) is 19.7. The number of morpholine rings is 1. The van der Waals surface area contributed by atoms with Gasteiger partial charge in [0.05, 0.1) is 35.7 Å². The highest BCUT2D eigenvalue weighted by Gasteiger charge is 2.17. The number of ether oxygens (including phenoxy) is 1. The first-order valence-electron chi connectivity index (χ1n) is 11.3. The standard InChI is InChI=1S/C24H23N9O3/c34-33(35)20-9-4-8-19(16-20)32-11-5-10-21(32)17-25-30-23-27-22(26-18-6-2-1-3-7-18)28-24(29-23)31-12-14-36-15-13-31/h1-11,16-17H,12-15H2,(H2,26,27,28,29,30). The predicted molar refractivity (Wildman–Crippen MR) is 136 cm³/mol. The van der Waals surface area contributed by atoms with Crippen molar-refractivity contribution in [2.45, 2.75) is 0 Å². The van der Waals surface area contributed by atoms with E-state index in [1.165, 1.54) is 12.1 Å². The molecule has 5 rings (SSSR count). The Morgan fingerprint density at radius 3 is 2.58 bits per heavy atom. The van der Waals surface area contributed by atoms with E-state index in [9.17, 15) is 10.1 Å². The molecule has 0 unspecified atom stereocenters. The van der Waals surface area contributed by atoms with Gasteiger partial charge < -0.3 is 19.5 Å². The van der Waals surface area contributed by atoms with Crippen LogP contribution in [0.4, 0.5) is 29.2 Å². The highest BCUT2D eigenvalue weighted by atomic mass is 16.6. The van der Waals surface area contributed by atoms with Crippen molar-refractivity contribution in [3.63, 3.8) is 0 Å². The topological polar surface area (TPSA) is 136 Å². The number of para-hydroxylation sites is 1. The van der Waals surface area contributed by atoms with E-state index in [0.29, 0.717) is 49.6 Å². The van der Waals surface area contributed by atoms with Crippen LogP contribution in [0.15, 0.2) is 78.0 Å². The number of nitrogens with zero attached hydrogens (tertiary/aromatic N) is 7. The van der Waals surface area contributed by atoms with E-state index >= 15 is 0 Å². The van der Waals surface area contributed by atoms with E-state index in [-0.39, 0.29) is 11.6 Å². The minimum absolute atomic E-state index is 0.0153. The van der Waals surface area contributed by atoms with Crippen molar-refractivity contribution in [2.24, 2.45) is 5.10 Å². The van der Waals surface area contributed by atoms with E-state index in [2.05, 4.69) is 30.8 Å². The fourth-order valence-corrected chi connectivity index (χ4v) is 3.67. The van der Waals surface area contributed by atoms with E-state index in [1.54, 1.807) is 22.9 Å². The first kappa shape index (κ1) is 22.9. The SMILES string of the molecule is O=[N+]([O-])c1cccc(-n2cccc2C=NNc2nc(Nc3ccccc3)nc(N3CCOCC3)n2)c1. The molecule has 1 aliphatic heterocycles. The fraction of sp³-hybridized carbons (Fsp3) is 0.167. The average Bonchev–Trinajstić information content (AvgIpc) is 3.38. The van der Waals surface area contributed by atoms with Crippen molar-refractivity contribution in [3.8, 4) is 5.69 Å². The Hall–Kier alpha value is -4.84. The molecule has 1 saturated heterocycles. The monoisotopic (exact) mass is 485 g/mol. The Bertz CT molecular complexity index is 1370. The van der Waals surface area contributed by atoms with Gasteiger partial charge in [0.1, 0.15) is 0 Å². The minimum Gasteiger partial charge on any atom is -0.378 e. The van der Waals surface area contributed by atoms with E-state index < -0.39 is 4.92 Å². The highest BCUT2D eigenvalue weighted by molar-refractivity contribution is 5.79. The van der Waals surface area contributed by atoms with E-state index in [4.69, 9.17) is 4.74 Å². The highest BCUT2D eigenvalue weighted by Crippen LogP contribution is 2.20. The van der Waals surface area contributed by atoms with Gasteiger partial charge in [-0.25, -0.2) is 5.43 Å². The zero-order chi connectivity index (χ0) is 24.7. The molecule has 12 nitrogen and oxygen atoms in total. The summed E-state index contributed by atoms with van der Waals surface area (Å²) in [4.78, 5) is 26.3. The number of hydrogen-bond acceptors (Lipinski definition) is 10. The molecule has 182 valence electrons. The maximum absolute atomic E-state index is 11.1. The molecule has 1 aliphatic rings. The zero-order valence-electron chi connectivity index (χ0n) is 19.2. The molecule has 0 aliphatic carbocycles. The molecule has 1 fully saturated rings. The average molecular weight is 486 g/mol. The van der Waals surface area contributed by atoms with Crippen molar-refractivity contribution in [1.29, 1.82) is 0 Å². The summed E-state index contributed by atoms with van der Waals surface area (Å²) in [6.45, 7) is 2.55.